The molecule has 2 atom stereocenters. The predicted molar refractivity (Wildman–Crippen MR) is 108 cm³/mol. The van der Waals surface area contributed by atoms with Crippen molar-refractivity contribution in [1.82, 2.24) is 0 Å². The molecule has 0 saturated heterocycles. The van der Waals surface area contributed by atoms with Gasteiger partial charge in [0.25, 0.3) is 0 Å². The largest absolute Gasteiger partial charge is 0.481 e. The molecule has 3 nitrogen and oxygen atoms in total. The fourth-order valence-electron chi connectivity index (χ4n) is 3.51. The average molecular weight is 361 g/mol. The zero-order valence-corrected chi connectivity index (χ0v) is 16.4. The van der Waals surface area contributed by atoms with Gasteiger partial charge < -0.3 is 5.11 Å². The summed E-state index contributed by atoms with van der Waals surface area (Å²) in [5.74, 6) is 1.10. The van der Waals surface area contributed by atoms with Crippen LogP contribution in [0.2, 0.25) is 0 Å². The number of carbonyl (C=O) groups is 2. The van der Waals surface area contributed by atoms with Gasteiger partial charge in [-0.05, 0) is 62.9 Å². The lowest BCUT2D eigenvalue weighted by Crippen LogP contribution is -2.03. The van der Waals surface area contributed by atoms with Crippen LogP contribution >= 0.6 is 0 Å². The number of carboxylic acid groups (broad SMARTS) is 1. The Morgan fingerprint density at radius 3 is 2.65 bits per heavy atom. The number of ketones is 1. The van der Waals surface area contributed by atoms with Gasteiger partial charge in [-0.1, -0.05) is 56.6 Å². The van der Waals surface area contributed by atoms with E-state index in [1.54, 1.807) is 6.08 Å². The zero-order chi connectivity index (χ0) is 19.0. The molecule has 26 heavy (non-hydrogen) atoms. The minimum Gasteiger partial charge on any atom is -0.481 e. The first-order valence-corrected chi connectivity index (χ1v) is 10.4. The van der Waals surface area contributed by atoms with Crippen LogP contribution in [0.4, 0.5) is 0 Å². The molecule has 2 aliphatic carbocycles. The Hall–Kier alpha value is -1.64. The fourth-order valence-corrected chi connectivity index (χ4v) is 3.51. The van der Waals surface area contributed by atoms with E-state index in [0.29, 0.717) is 6.42 Å². The van der Waals surface area contributed by atoms with Crippen LogP contribution in [0.25, 0.3) is 0 Å². The summed E-state index contributed by atoms with van der Waals surface area (Å²) in [6, 6.07) is 0. The van der Waals surface area contributed by atoms with Gasteiger partial charge in [-0.2, -0.15) is 0 Å². The van der Waals surface area contributed by atoms with Crippen LogP contribution in [-0.4, -0.2) is 16.9 Å². The first-order chi connectivity index (χ1) is 12.6. The molecule has 0 aromatic carbocycles. The summed E-state index contributed by atoms with van der Waals surface area (Å²) >= 11 is 0. The smallest absolute Gasteiger partial charge is 0.303 e. The molecule has 2 aliphatic rings. The van der Waals surface area contributed by atoms with Crippen molar-refractivity contribution < 1.29 is 14.7 Å². The standard InChI is InChI=1S/C18H30O2.C5H6O/c1-2-3-4-5-7-11-16-13-10-14-17(16)12-8-6-9-15-18(19)20;6-5-3-1-2-4-5/h6-8,11,16-17H,2-5,9-10,12-15H2,1H3,(H,19,20);1,3H,2,4H2/b8-6-,11-7+;/t16-,17-;/m0./s1. The van der Waals surface area contributed by atoms with Crippen molar-refractivity contribution in [2.75, 3.05) is 0 Å². The molecular formula is C23H36O3. The van der Waals surface area contributed by atoms with Gasteiger partial charge in [0.15, 0.2) is 5.78 Å². The summed E-state index contributed by atoms with van der Waals surface area (Å²) in [5.41, 5.74) is 0. The molecule has 3 heteroatoms. The van der Waals surface area contributed by atoms with Gasteiger partial charge in [-0.25, -0.2) is 0 Å². The van der Waals surface area contributed by atoms with E-state index >= 15 is 0 Å². The lowest BCUT2D eigenvalue weighted by atomic mass is 9.92. The van der Waals surface area contributed by atoms with Crippen molar-refractivity contribution in [3.63, 3.8) is 0 Å². The molecule has 0 spiro atoms. The monoisotopic (exact) mass is 360 g/mol. The van der Waals surface area contributed by atoms with Crippen LogP contribution in [0.15, 0.2) is 36.5 Å². The number of aliphatic carboxylic acids is 1. The summed E-state index contributed by atoms with van der Waals surface area (Å²) in [7, 11) is 0. The second kappa shape index (κ2) is 14.5. The molecule has 0 aliphatic heterocycles. The van der Waals surface area contributed by atoms with Crippen LogP contribution < -0.4 is 0 Å². The zero-order valence-electron chi connectivity index (χ0n) is 16.4. The molecule has 0 unspecified atom stereocenters. The van der Waals surface area contributed by atoms with E-state index in [1.165, 1.54) is 44.9 Å². The van der Waals surface area contributed by atoms with Gasteiger partial charge >= 0.3 is 5.97 Å². The van der Waals surface area contributed by atoms with E-state index in [4.69, 9.17) is 5.11 Å². The first kappa shape index (κ1) is 22.4. The number of carbonyl (C=O) groups excluding carboxylic acids is 1. The van der Waals surface area contributed by atoms with E-state index in [1.807, 2.05) is 12.2 Å². The predicted octanol–water partition coefficient (Wildman–Crippen LogP) is 6.26. The third-order valence-corrected chi connectivity index (χ3v) is 5.07. The van der Waals surface area contributed by atoms with Crippen LogP contribution in [0.1, 0.15) is 84.0 Å². The minimum absolute atomic E-state index is 0.252. The van der Waals surface area contributed by atoms with Gasteiger partial charge in [0.2, 0.25) is 0 Å². The third kappa shape index (κ3) is 11.1. The molecule has 0 heterocycles. The van der Waals surface area contributed by atoms with Gasteiger partial charge in [-0.15, -0.1) is 0 Å². The molecule has 0 bridgehead atoms. The second-order valence-corrected chi connectivity index (χ2v) is 7.33. The van der Waals surface area contributed by atoms with Crippen LogP contribution in [0.3, 0.4) is 0 Å². The summed E-state index contributed by atoms with van der Waals surface area (Å²) in [4.78, 5) is 20.6. The summed E-state index contributed by atoms with van der Waals surface area (Å²) in [6.45, 7) is 2.24. The normalized spacial score (nSPS) is 22.3. The number of unbranched alkanes of at least 4 members (excludes halogenated alkanes) is 3. The SMILES string of the molecule is CCCCC/C=C/[C@H]1CCC[C@@H]1C/C=C\CCC(=O)O.O=C1C=CCC1. The van der Waals surface area contributed by atoms with Crippen molar-refractivity contribution >= 4 is 11.8 Å². The number of hydrogen-bond acceptors (Lipinski definition) is 2. The number of hydrogen-bond donors (Lipinski definition) is 1. The molecule has 1 N–H and O–H groups in total. The first-order valence-electron chi connectivity index (χ1n) is 10.4. The number of carboxylic acids is 1. The summed E-state index contributed by atoms with van der Waals surface area (Å²) in [6.07, 6.45) is 25.5. The van der Waals surface area contributed by atoms with Crippen molar-refractivity contribution in [2.45, 2.75) is 84.0 Å². The molecule has 1 fully saturated rings. The van der Waals surface area contributed by atoms with Crippen molar-refractivity contribution in [3.8, 4) is 0 Å². The summed E-state index contributed by atoms with van der Waals surface area (Å²) < 4.78 is 0. The highest BCUT2D eigenvalue weighted by Crippen LogP contribution is 2.35. The van der Waals surface area contributed by atoms with Crippen molar-refractivity contribution in [2.24, 2.45) is 11.8 Å². The maximum atomic E-state index is 10.4. The minimum atomic E-state index is -0.705. The molecule has 0 radical (unpaired) electrons. The second-order valence-electron chi connectivity index (χ2n) is 7.33. The Labute approximate surface area is 159 Å². The molecule has 2 rings (SSSR count). The van der Waals surface area contributed by atoms with Gasteiger partial charge in [-0.3, -0.25) is 9.59 Å². The molecule has 0 amide bonds. The van der Waals surface area contributed by atoms with Gasteiger partial charge in [0.1, 0.15) is 0 Å². The Morgan fingerprint density at radius 1 is 1.19 bits per heavy atom. The third-order valence-electron chi connectivity index (χ3n) is 5.07. The van der Waals surface area contributed by atoms with Crippen LogP contribution in [0, 0.1) is 11.8 Å². The van der Waals surface area contributed by atoms with Gasteiger partial charge in [0, 0.05) is 12.8 Å². The maximum Gasteiger partial charge on any atom is 0.303 e. The lowest BCUT2D eigenvalue weighted by molar-refractivity contribution is -0.136. The summed E-state index contributed by atoms with van der Waals surface area (Å²) in [5, 5.41) is 8.58. The lowest BCUT2D eigenvalue weighted by Gasteiger charge is -2.13. The molecule has 146 valence electrons. The van der Waals surface area contributed by atoms with E-state index < -0.39 is 5.97 Å². The van der Waals surface area contributed by atoms with E-state index in [2.05, 4.69) is 25.2 Å². The van der Waals surface area contributed by atoms with E-state index in [0.717, 1.165) is 31.1 Å². The molecular weight excluding hydrogens is 324 g/mol. The van der Waals surface area contributed by atoms with E-state index in [9.17, 15) is 9.59 Å². The Bertz CT molecular complexity index is 488. The number of allylic oxidation sites excluding steroid dienone is 6. The van der Waals surface area contributed by atoms with Crippen molar-refractivity contribution in [3.05, 3.63) is 36.5 Å². The molecule has 0 aromatic heterocycles. The topological polar surface area (TPSA) is 54.4 Å². The van der Waals surface area contributed by atoms with Crippen molar-refractivity contribution in [1.29, 1.82) is 0 Å². The highest BCUT2D eigenvalue weighted by atomic mass is 16.4. The van der Waals surface area contributed by atoms with Crippen LogP contribution in [0.5, 0.6) is 0 Å². The number of rotatable bonds is 10. The fraction of sp³-hybridized carbons (Fsp3) is 0.652. The Balaban J connectivity index is 0.000000472. The molecule has 1 saturated carbocycles. The Kier molecular flexibility index (Phi) is 12.5. The van der Waals surface area contributed by atoms with E-state index in [-0.39, 0.29) is 12.2 Å². The highest BCUT2D eigenvalue weighted by Gasteiger charge is 2.23. The Morgan fingerprint density at radius 2 is 2.04 bits per heavy atom. The molecule has 0 aromatic rings. The highest BCUT2D eigenvalue weighted by molar-refractivity contribution is 5.91. The van der Waals surface area contributed by atoms with Gasteiger partial charge in [0.05, 0.1) is 0 Å². The average Bonchev–Trinajstić information content (AvgIpc) is 3.26. The maximum absolute atomic E-state index is 10.4. The van der Waals surface area contributed by atoms with Crippen LogP contribution in [-0.2, 0) is 9.59 Å². The quantitative estimate of drug-likeness (QED) is 0.370.